The first-order chi connectivity index (χ1) is 8.84. The fourth-order valence-electron chi connectivity index (χ4n) is 2.14. The number of aryl methyl sites for hydroxylation is 1. The number of hydrogen-bond acceptors (Lipinski definition) is 4. The molecule has 1 aromatic carbocycles. The number of aliphatic hydroxyl groups excluding tert-OH is 1. The van der Waals surface area contributed by atoms with Crippen LogP contribution in [0.1, 0.15) is 13.8 Å². The number of rotatable bonds is 4. The molecule has 0 atom stereocenters. The largest absolute Gasteiger partial charge is 0.419 e. The smallest absolute Gasteiger partial charge is 0.408 e. The summed E-state index contributed by atoms with van der Waals surface area (Å²) in [5.41, 5.74) is 2.18. The lowest BCUT2D eigenvalue weighted by molar-refractivity contribution is 0.165. The Morgan fingerprint density at radius 1 is 1.42 bits per heavy atom. The first kappa shape index (κ1) is 13.7. The highest BCUT2D eigenvalue weighted by Gasteiger charge is 2.19. The van der Waals surface area contributed by atoms with Crippen LogP contribution in [0.5, 0.6) is 0 Å². The Kier molecular flexibility index (Phi) is 3.41. The van der Waals surface area contributed by atoms with E-state index in [1.165, 1.54) is 4.57 Å². The summed E-state index contributed by atoms with van der Waals surface area (Å²) in [6, 6.07) is 5.64. The zero-order valence-electron chi connectivity index (χ0n) is 11.8. The number of anilines is 1. The summed E-state index contributed by atoms with van der Waals surface area (Å²) in [6.07, 6.45) is 0. The second kappa shape index (κ2) is 4.74. The molecule has 0 radical (unpaired) electrons. The van der Waals surface area contributed by atoms with Crippen LogP contribution in [0, 0.1) is 5.41 Å². The maximum absolute atomic E-state index is 11.4. The average Bonchev–Trinajstić information content (AvgIpc) is 2.64. The summed E-state index contributed by atoms with van der Waals surface area (Å²) in [5.74, 6) is -0.356. The summed E-state index contributed by atoms with van der Waals surface area (Å²) in [5, 5.41) is 9.32. The van der Waals surface area contributed by atoms with Gasteiger partial charge in [-0.2, -0.15) is 0 Å². The highest BCUT2D eigenvalue weighted by atomic mass is 16.4. The molecule has 0 spiro atoms. The number of nitrogens with zero attached hydrogens (tertiary/aromatic N) is 2. The molecular weight excluding hydrogens is 244 g/mol. The van der Waals surface area contributed by atoms with Crippen molar-refractivity contribution in [3.63, 3.8) is 0 Å². The predicted octanol–water partition coefficient (Wildman–Crippen LogP) is 1.59. The lowest BCUT2D eigenvalue weighted by atomic mass is 9.94. The third-order valence-corrected chi connectivity index (χ3v) is 3.31. The molecule has 5 nitrogen and oxygen atoms in total. The van der Waals surface area contributed by atoms with Crippen molar-refractivity contribution in [1.82, 2.24) is 4.57 Å². The van der Waals surface area contributed by atoms with E-state index in [1.807, 2.05) is 33.0 Å². The number of aromatic nitrogens is 1. The minimum Gasteiger partial charge on any atom is -0.408 e. The van der Waals surface area contributed by atoms with Crippen LogP contribution in [0.2, 0.25) is 0 Å². The second-order valence-electron chi connectivity index (χ2n) is 5.76. The molecule has 0 fully saturated rings. The molecule has 0 saturated carbocycles. The molecule has 0 bridgehead atoms. The summed E-state index contributed by atoms with van der Waals surface area (Å²) >= 11 is 0. The van der Waals surface area contributed by atoms with E-state index in [2.05, 4.69) is 4.90 Å². The van der Waals surface area contributed by atoms with Crippen molar-refractivity contribution in [2.24, 2.45) is 12.5 Å². The van der Waals surface area contributed by atoms with Crippen molar-refractivity contribution in [3.05, 3.63) is 28.7 Å². The Hall–Kier alpha value is -1.75. The molecule has 2 rings (SSSR count). The molecule has 0 unspecified atom stereocenters. The summed E-state index contributed by atoms with van der Waals surface area (Å²) in [4.78, 5) is 13.5. The Bertz CT molecular complexity index is 640. The van der Waals surface area contributed by atoms with Gasteiger partial charge in [0.15, 0.2) is 5.58 Å². The van der Waals surface area contributed by atoms with Crippen LogP contribution in [0.25, 0.3) is 11.1 Å². The molecular formula is C14H20N2O3. The third-order valence-electron chi connectivity index (χ3n) is 3.31. The monoisotopic (exact) mass is 264 g/mol. The molecule has 5 heteroatoms. The van der Waals surface area contributed by atoms with Gasteiger partial charge in [-0.1, -0.05) is 13.8 Å². The maximum Gasteiger partial charge on any atom is 0.419 e. The third kappa shape index (κ3) is 2.66. The van der Waals surface area contributed by atoms with E-state index in [-0.39, 0.29) is 17.8 Å². The second-order valence-corrected chi connectivity index (χ2v) is 5.76. The van der Waals surface area contributed by atoms with Gasteiger partial charge in [-0.25, -0.2) is 4.79 Å². The van der Waals surface area contributed by atoms with Crippen molar-refractivity contribution in [2.45, 2.75) is 13.8 Å². The van der Waals surface area contributed by atoms with E-state index in [0.29, 0.717) is 5.58 Å². The first-order valence-electron chi connectivity index (χ1n) is 6.26. The van der Waals surface area contributed by atoms with Gasteiger partial charge in [-0.05, 0) is 18.2 Å². The lowest BCUT2D eigenvalue weighted by Gasteiger charge is -2.29. The number of hydrogen-bond donors (Lipinski definition) is 1. The summed E-state index contributed by atoms with van der Waals surface area (Å²) in [6.45, 7) is 4.87. The van der Waals surface area contributed by atoms with E-state index in [4.69, 9.17) is 4.42 Å². The van der Waals surface area contributed by atoms with E-state index < -0.39 is 0 Å². The van der Waals surface area contributed by atoms with Crippen LogP contribution in [-0.4, -0.2) is 29.9 Å². The van der Waals surface area contributed by atoms with Gasteiger partial charge in [-0.15, -0.1) is 0 Å². The molecule has 104 valence electrons. The van der Waals surface area contributed by atoms with Crippen molar-refractivity contribution in [1.29, 1.82) is 0 Å². The van der Waals surface area contributed by atoms with Crippen molar-refractivity contribution in [3.8, 4) is 0 Å². The maximum atomic E-state index is 11.4. The minimum absolute atomic E-state index is 0.129. The van der Waals surface area contributed by atoms with E-state index in [1.54, 1.807) is 13.1 Å². The van der Waals surface area contributed by atoms with Gasteiger partial charge in [-0.3, -0.25) is 4.57 Å². The standard InChI is InChI=1S/C14H20N2O3/c1-14(2,9-17)8-15(3)10-5-6-12-11(7-10)16(4)13(18)19-12/h5-7,17H,8-9H2,1-4H3. The highest BCUT2D eigenvalue weighted by Crippen LogP contribution is 2.24. The van der Waals surface area contributed by atoms with Crippen molar-refractivity contribution >= 4 is 16.8 Å². The van der Waals surface area contributed by atoms with Crippen molar-refractivity contribution < 1.29 is 9.52 Å². The van der Waals surface area contributed by atoms with Gasteiger partial charge in [0.25, 0.3) is 0 Å². The Balaban J connectivity index is 2.35. The lowest BCUT2D eigenvalue weighted by Crippen LogP contribution is -2.33. The summed E-state index contributed by atoms with van der Waals surface area (Å²) < 4.78 is 6.59. The molecule has 1 aromatic heterocycles. The van der Waals surface area contributed by atoms with Gasteiger partial charge in [0.05, 0.1) is 5.52 Å². The summed E-state index contributed by atoms with van der Waals surface area (Å²) in [7, 11) is 3.66. The SMILES string of the molecule is CN(CC(C)(C)CO)c1ccc2oc(=O)n(C)c2c1. The molecule has 0 aliphatic carbocycles. The average molecular weight is 264 g/mol. The van der Waals surface area contributed by atoms with Gasteiger partial charge in [0.1, 0.15) is 0 Å². The molecule has 0 saturated heterocycles. The van der Waals surface area contributed by atoms with Gasteiger partial charge < -0.3 is 14.4 Å². The zero-order valence-corrected chi connectivity index (χ0v) is 11.8. The number of aliphatic hydroxyl groups is 1. The number of fused-ring (bicyclic) bond motifs is 1. The molecule has 0 amide bonds. The Morgan fingerprint density at radius 2 is 2.11 bits per heavy atom. The molecule has 19 heavy (non-hydrogen) atoms. The van der Waals surface area contributed by atoms with Crippen LogP contribution in [0.4, 0.5) is 5.69 Å². The number of benzene rings is 1. The normalized spacial score (nSPS) is 12.1. The zero-order chi connectivity index (χ0) is 14.2. The predicted molar refractivity (Wildman–Crippen MR) is 75.6 cm³/mol. The van der Waals surface area contributed by atoms with E-state index in [0.717, 1.165) is 17.7 Å². The molecule has 2 aromatic rings. The Labute approximate surface area is 112 Å². The van der Waals surface area contributed by atoms with Gasteiger partial charge >= 0.3 is 5.76 Å². The molecule has 0 aliphatic rings. The van der Waals surface area contributed by atoms with Gasteiger partial charge in [0, 0.05) is 38.3 Å². The van der Waals surface area contributed by atoms with E-state index >= 15 is 0 Å². The fourth-order valence-corrected chi connectivity index (χ4v) is 2.14. The van der Waals surface area contributed by atoms with Crippen LogP contribution < -0.4 is 10.7 Å². The Morgan fingerprint density at radius 3 is 2.74 bits per heavy atom. The highest BCUT2D eigenvalue weighted by molar-refractivity contribution is 5.77. The van der Waals surface area contributed by atoms with Crippen LogP contribution in [-0.2, 0) is 7.05 Å². The number of oxazole rings is 1. The fraction of sp³-hybridized carbons (Fsp3) is 0.500. The van der Waals surface area contributed by atoms with E-state index in [9.17, 15) is 9.90 Å². The molecule has 0 aliphatic heterocycles. The molecule has 1 N–H and O–H groups in total. The van der Waals surface area contributed by atoms with Gasteiger partial charge in [0.2, 0.25) is 0 Å². The van der Waals surface area contributed by atoms with Crippen LogP contribution in [0.3, 0.4) is 0 Å². The quantitative estimate of drug-likeness (QED) is 0.911. The van der Waals surface area contributed by atoms with Crippen molar-refractivity contribution in [2.75, 3.05) is 25.1 Å². The topological polar surface area (TPSA) is 58.6 Å². The van der Waals surface area contributed by atoms with Crippen LogP contribution in [0.15, 0.2) is 27.4 Å². The minimum atomic E-state index is -0.356. The molecule has 1 heterocycles. The first-order valence-corrected chi connectivity index (χ1v) is 6.26. The van der Waals surface area contributed by atoms with Crippen LogP contribution >= 0.6 is 0 Å².